The highest BCUT2D eigenvalue weighted by molar-refractivity contribution is 5.74. The first-order chi connectivity index (χ1) is 13.2. The molecule has 2 amide bonds. The molecule has 3 rings (SSSR count). The van der Waals surface area contributed by atoms with Gasteiger partial charge in [0.05, 0.1) is 14.2 Å². The summed E-state index contributed by atoms with van der Waals surface area (Å²) in [5, 5.41) is 2.98. The molecule has 2 heterocycles. The lowest BCUT2D eigenvalue weighted by Gasteiger charge is -2.22. The van der Waals surface area contributed by atoms with Crippen molar-refractivity contribution < 1.29 is 14.3 Å². The van der Waals surface area contributed by atoms with Crippen LogP contribution in [0, 0.1) is 0 Å². The molecule has 1 aromatic carbocycles. The third-order valence-electron chi connectivity index (χ3n) is 4.54. The number of aromatic nitrogens is 2. The van der Waals surface area contributed by atoms with Gasteiger partial charge in [-0.25, -0.2) is 14.8 Å². The number of benzene rings is 1. The maximum Gasteiger partial charge on any atom is 0.317 e. The van der Waals surface area contributed by atoms with Gasteiger partial charge in [-0.05, 0) is 30.7 Å². The lowest BCUT2D eigenvalue weighted by atomic mass is 10.2. The van der Waals surface area contributed by atoms with Gasteiger partial charge in [0.25, 0.3) is 0 Å². The third kappa shape index (κ3) is 4.78. The molecule has 1 aliphatic heterocycles. The molecule has 1 fully saturated rings. The van der Waals surface area contributed by atoms with Crippen molar-refractivity contribution >= 4 is 12.0 Å². The maximum absolute atomic E-state index is 12.6. The Balaban J connectivity index is 1.57. The number of hydrogen-bond donors (Lipinski definition) is 1. The van der Waals surface area contributed by atoms with Crippen LogP contribution in [0.2, 0.25) is 0 Å². The fraction of sp³-hybridized carbons (Fsp3) is 0.421. The molecule has 0 spiro atoms. The summed E-state index contributed by atoms with van der Waals surface area (Å²) in [6.07, 6.45) is 4.34. The van der Waals surface area contributed by atoms with Crippen LogP contribution in [0.1, 0.15) is 12.0 Å². The summed E-state index contributed by atoms with van der Waals surface area (Å²) >= 11 is 0. The van der Waals surface area contributed by atoms with Crippen LogP contribution in [0.4, 0.5) is 10.7 Å². The normalized spacial score (nSPS) is 14.4. The lowest BCUT2D eigenvalue weighted by molar-refractivity contribution is 0.201. The van der Waals surface area contributed by atoms with E-state index in [1.54, 1.807) is 32.7 Å². The number of hydrogen-bond acceptors (Lipinski definition) is 6. The number of carbonyl (C=O) groups excluding carboxylic acids is 1. The lowest BCUT2D eigenvalue weighted by Crippen LogP contribution is -2.41. The van der Waals surface area contributed by atoms with Crippen molar-refractivity contribution in [3.63, 3.8) is 0 Å². The van der Waals surface area contributed by atoms with E-state index >= 15 is 0 Å². The van der Waals surface area contributed by atoms with Gasteiger partial charge >= 0.3 is 6.03 Å². The highest BCUT2D eigenvalue weighted by Gasteiger charge is 2.20. The average molecular weight is 371 g/mol. The van der Waals surface area contributed by atoms with Gasteiger partial charge in [-0.15, -0.1) is 0 Å². The van der Waals surface area contributed by atoms with Crippen LogP contribution < -0.4 is 19.7 Å². The van der Waals surface area contributed by atoms with Crippen LogP contribution in [0.25, 0.3) is 0 Å². The first-order valence-corrected chi connectivity index (χ1v) is 8.97. The molecule has 8 nitrogen and oxygen atoms in total. The molecule has 27 heavy (non-hydrogen) atoms. The largest absolute Gasteiger partial charge is 0.497 e. The van der Waals surface area contributed by atoms with Gasteiger partial charge in [-0.3, -0.25) is 0 Å². The van der Waals surface area contributed by atoms with E-state index in [0.717, 1.165) is 30.0 Å². The fourth-order valence-corrected chi connectivity index (χ4v) is 3.08. The van der Waals surface area contributed by atoms with E-state index in [2.05, 4.69) is 20.2 Å². The molecule has 144 valence electrons. The molecule has 2 aromatic rings. The van der Waals surface area contributed by atoms with Gasteiger partial charge in [0.15, 0.2) is 0 Å². The number of nitrogens with one attached hydrogen (secondary N) is 1. The number of nitrogens with zero attached hydrogens (tertiary/aromatic N) is 4. The summed E-state index contributed by atoms with van der Waals surface area (Å²) in [6, 6.07) is 7.25. The second kappa shape index (κ2) is 9.07. The van der Waals surface area contributed by atoms with Crippen molar-refractivity contribution in [3.8, 4) is 11.5 Å². The Morgan fingerprint density at radius 2 is 1.93 bits per heavy atom. The molecule has 1 aromatic heterocycles. The summed E-state index contributed by atoms with van der Waals surface area (Å²) < 4.78 is 10.6. The fourth-order valence-electron chi connectivity index (χ4n) is 3.08. The average Bonchev–Trinajstić information content (AvgIpc) is 2.98. The van der Waals surface area contributed by atoms with Crippen LogP contribution in [-0.2, 0) is 6.54 Å². The summed E-state index contributed by atoms with van der Waals surface area (Å²) in [6.45, 7) is 3.24. The second-order valence-electron chi connectivity index (χ2n) is 6.21. The Morgan fingerprint density at radius 1 is 1.11 bits per heavy atom. The molecule has 0 atom stereocenters. The summed E-state index contributed by atoms with van der Waals surface area (Å²) in [5.41, 5.74) is 0.874. The topological polar surface area (TPSA) is 79.8 Å². The number of urea groups is 1. The van der Waals surface area contributed by atoms with Crippen molar-refractivity contribution in [1.82, 2.24) is 20.2 Å². The third-order valence-corrected chi connectivity index (χ3v) is 4.54. The zero-order chi connectivity index (χ0) is 19.1. The zero-order valence-electron chi connectivity index (χ0n) is 15.7. The van der Waals surface area contributed by atoms with Gasteiger partial charge in [-0.2, -0.15) is 0 Å². The van der Waals surface area contributed by atoms with Gasteiger partial charge in [0, 0.05) is 50.7 Å². The highest BCUT2D eigenvalue weighted by atomic mass is 16.5. The molecule has 0 unspecified atom stereocenters. The van der Waals surface area contributed by atoms with Gasteiger partial charge in [0.2, 0.25) is 5.95 Å². The van der Waals surface area contributed by atoms with Crippen LogP contribution >= 0.6 is 0 Å². The van der Waals surface area contributed by atoms with Crippen LogP contribution in [-0.4, -0.2) is 61.3 Å². The van der Waals surface area contributed by atoms with E-state index in [1.807, 2.05) is 23.1 Å². The minimum atomic E-state index is -0.0873. The predicted octanol–water partition coefficient (Wildman–Crippen LogP) is 1.92. The van der Waals surface area contributed by atoms with Crippen molar-refractivity contribution in [2.24, 2.45) is 0 Å². The Hall–Kier alpha value is -3.03. The summed E-state index contributed by atoms with van der Waals surface area (Å²) in [7, 11) is 3.23. The van der Waals surface area contributed by atoms with Crippen molar-refractivity contribution in [2.45, 2.75) is 13.0 Å². The molecule has 0 aliphatic carbocycles. The molecule has 0 bridgehead atoms. The molecule has 0 saturated carbocycles. The first kappa shape index (κ1) is 18.8. The highest BCUT2D eigenvalue weighted by Crippen LogP contribution is 2.23. The number of ether oxygens (including phenoxy) is 2. The van der Waals surface area contributed by atoms with E-state index in [1.165, 1.54) is 0 Å². The minimum absolute atomic E-state index is 0.0873. The molecule has 8 heteroatoms. The molecular formula is C19H25N5O3. The van der Waals surface area contributed by atoms with Gasteiger partial charge < -0.3 is 24.6 Å². The smallest absolute Gasteiger partial charge is 0.317 e. The number of methoxy groups -OCH3 is 2. The monoisotopic (exact) mass is 371 g/mol. The Bertz CT molecular complexity index is 756. The Morgan fingerprint density at radius 3 is 2.67 bits per heavy atom. The second-order valence-corrected chi connectivity index (χ2v) is 6.21. The molecule has 0 radical (unpaired) electrons. The van der Waals surface area contributed by atoms with Crippen LogP contribution in [0.5, 0.6) is 11.5 Å². The zero-order valence-corrected chi connectivity index (χ0v) is 15.7. The number of rotatable bonds is 5. The van der Waals surface area contributed by atoms with E-state index in [0.29, 0.717) is 32.1 Å². The van der Waals surface area contributed by atoms with E-state index in [4.69, 9.17) is 9.47 Å². The molecular weight excluding hydrogens is 346 g/mol. The number of carbonyl (C=O) groups is 1. The molecule has 1 N–H and O–H groups in total. The van der Waals surface area contributed by atoms with Gasteiger partial charge in [0.1, 0.15) is 11.5 Å². The van der Waals surface area contributed by atoms with E-state index in [-0.39, 0.29) is 6.03 Å². The van der Waals surface area contributed by atoms with Crippen molar-refractivity contribution in [1.29, 1.82) is 0 Å². The van der Waals surface area contributed by atoms with Gasteiger partial charge in [-0.1, -0.05) is 0 Å². The minimum Gasteiger partial charge on any atom is -0.497 e. The summed E-state index contributed by atoms with van der Waals surface area (Å²) in [5.74, 6) is 2.16. The van der Waals surface area contributed by atoms with Crippen molar-refractivity contribution in [2.75, 3.05) is 45.3 Å². The van der Waals surface area contributed by atoms with Crippen LogP contribution in [0.3, 0.4) is 0 Å². The number of amides is 2. The Kier molecular flexibility index (Phi) is 6.30. The molecule has 1 aliphatic rings. The maximum atomic E-state index is 12.6. The SMILES string of the molecule is COc1ccc(OC)c(CNC(=O)N2CCCN(c3ncccn3)CC2)c1. The molecule has 1 saturated heterocycles. The first-order valence-electron chi connectivity index (χ1n) is 8.97. The van der Waals surface area contributed by atoms with E-state index in [9.17, 15) is 4.79 Å². The standard InChI is InChI=1S/C19H25N5O3/c1-26-16-5-6-17(27-2)15(13-16)14-22-19(25)24-10-4-9-23(11-12-24)18-20-7-3-8-21-18/h3,5-8,13H,4,9-12,14H2,1-2H3,(H,22,25). The van der Waals surface area contributed by atoms with E-state index < -0.39 is 0 Å². The summed E-state index contributed by atoms with van der Waals surface area (Å²) in [4.78, 5) is 25.1. The van der Waals surface area contributed by atoms with Crippen molar-refractivity contribution in [3.05, 3.63) is 42.2 Å². The number of anilines is 1. The van der Waals surface area contributed by atoms with Crippen LogP contribution in [0.15, 0.2) is 36.7 Å². The Labute approximate surface area is 159 Å². The quantitative estimate of drug-likeness (QED) is 0.865. The predicted molar refractivity (Wildman–Crippen MR) is 102 cm³/mol.